The van der Waals surface area contributed by atoms with Crippen LogP contribution in [0.2, 0.25) is 5.02 Å². The summed E-state index contributed by atoms with van der Waals surface area (Å²) < 4.78 is 0. The highest BCUT2D eigenvalue weighted by Crippen LogP contribution is 2.26. The zero-order chi connectivity index (χ0) is 22.5. The molecule has 3 amide bonds. The Labute approximate surface area is 193 Å². The SMILES string of the molecule is O=C(NCCc1nnc(NC(=O)C2CC(=O)N(c3ccccc3)C2)s1)c1ccccc1Cl. The first kappa shape index (κ1) is 21.9. The van der Waals surface area contributed by atoms with Crippen molar-refractivity contribution in [3.05, 3.63) is 70.2 Å². The second-order valence-corrected chi connectivity index (χ2v) is 8.69. The maximum absolute atomic E-state index is 12.6. The van der Waals surface area contributed by atoms with Crippen LogP contribution in [0, 0.1) is 5.92 Å². The minimum atomic E-state index is -0.454. The predicted octanol–water partition coefficient (Wildman–Crippen LogP) is 3.16. The number of para-hydroxylation sites is 1. The molecule has 1 aromatic heterocycles. The second kappa shape index (κ2) is 9.88. The minimum absolute atomic E-state index is 0.0800. The summed E-state index contributed by atoms with van der Waals surface area (Å²) in [6.07, 6.45) is 0.619. The van der Waals surface area contributed by atoms with Gasteiger partial charge in [0.25, 0.3) is 5.91 Å². The lowest BCUT2D eigenvalue weighted by Gasteiger charge is -2.16. The molecule has 1 fully saturated rings. The molecule has 0 aliphatic carbocycles. The van der Waals surface area contributed by atoms with E-state index < -0.39 is 5.92 Å². The van der Waals surface area contributed by atoms with Crippen molar-refractivity contribution >= 4 is 51.5 Å². The molecule has 10 heteroatoms. The van der Waals surface area contributed by atoms with Crippen LogP contribution in [0.5, 0.6) is 0 Å². The van der Waals surface area contributed by atoms with Gasteiger partial charge in [0.05, 0.1) is 16.5 Å². The van der Waals surface area contributed by atoms with E-state index in [4.69, 9.17) is 11.6 Å². The average Bonchev–Trinajstić information content (AvgIpc) is 3.41. The van der Waals surface area contributed by atoms with Crippen molar-refractivity contribution in [3.63, 3.8) is 0 Å². The lowest BCUT2D eigenvalue weighted by molar-refractivity contribution is -0.122. The standard InChI is InChI=1S/C22H20ClN5O3S/c23-17-9-5-4-8-16(17)21(31)24-11-10-18-26-27-22(32-18)25-20(30)14-12-19(29)28(13-14)15-6-2-1-3-7-15/h1-9,14H,10-13H2,(H,24,31)(H,25,27,30). The van der Waals surface area contributed by atoms with Gasteiger partial charge in [-0.15, -0.1) is 10.2 Å². The van der Waals surface area contributed by atoms with Gasteiger partial charge < -0.3 is 15.5 Å². The molecular formula is C22H20ClN5O3S. The maximum Gasteiger partial charge on any atom is 0.252 e. The summed E-state index contributed by atoms with van der Waals surface area (Å²) in [6, 6.07) is 16.1. The Bertz CT molecular complexity index is 1140. The van der Waals surface area contributed by atoms with E-state index in [0.717, 1.165) is 5.69 Å². The largest absolute Gasteiger partial charge is 0.352 e. The molecule has 2 heterocycles. The third-order valence-electron chi connectivity index (χ3n) is 5.00. The molecule has 164 valence electrons. The van der Waals surface area contributed by atoms with E-state index in [1.807, 2.05) is 30.3 Å². The Morgan fingerprint density at radius 2 is 1.84 bits per heavy atom. The van der Waals surface area contributed by atoms with Crippen molar-refractivity contribution in [2.75, 3.05) is 23.3 Å². The first-order valence-corrected chi connectivity index (χ1v) is 11.2. The second-order valence-electron chi connectivity index (χ2n) is 7.22. The Kier molecular flexibility index (Phi) is 6.77. The van der Waals surface area contributed by atoms with Gasteiger partial charge in [0.2, 0.25) is 16.9 Å². The lowest BCUT2D eigenvalue weighted by atomic mass is 10.1. The zero-order valence-corrected chi connectivity index (χ0v) is 18.5. The van der Waals surface area contributed by atoms with Crippen LogP contribution in [-0.4, -0.2) is 41.0 Å². The molecule has 1 atom stereocenters. The highest BCUT2D eigenvalue weighted by molar-refractivity contribution is 7.15. The number of nitrogens with zero attached hydrogens (tertiary/aromatic N) is 3. The summed E-state index contributed by atoms with van der Waals surface area (Å²) in [6.45, 7) is 0.685. The summed E-state index contributed by atoms with van der Waals surface area (Å²) in [7, 11) is 0. The molecule has 1 aliphatic rings. The first-order valence-electron chi connectivity index (χ1n) is 10.0. The van der Waals surface area contributed by atoms with E-state index in [9.17, 15) is 14.4 Å². The zero-order valence-electron chi connectivity index (χ0n) is 17.0. The van der Waals surface area contributed by atoms with Crippen LogP contribution < -0.4 is 15.5 Å². The lowest BCUT2D eigenvalue weighted by Crippen LogP contribution is -2.28. The molecule has 4 rings (SSSR count). The number of rotatable bonds is 7. The molecular weight excluding hydrogens is 450 g/mol. The van der Waals surface area contributed by atoms with Crippen molar-refractivity contribution in [3.8, 4) is 0 Å². The van der Waals surface area contributed by atoms with Crippen molar-refractivity contribution in [2.45, 2.75) is 12.8 Å². The first-order chi connectivity index (χ1) is 15.5. The number of nitrogens with one attached hydrogen (secondary N) is 2. The number of anilines is 2. The van der Waals surface area contributed by atoms with Crippen molar-refractivity contribution in [2.24, 2.45) is 5.92 Å². The molecule has 2 aromatic carbocycles. The van der Waals surface area contributed by atoms with E-state index in [-0.39, 0.29) is 24.1 Å². The van der Waals surface area contributed by atoms with Crippen LogP contribution >= 0.6 is 22.9 Å². The van der Waals surface area contributed by atoms with Gasteiger partial charge in [0.1, 0.15) is 5.01 Å². The molecule has 8 nitrogen and oxygen atoms in total. The Morgan fingerprint density at radius 1 is 1.09 bits per heavy atom. The number of carbonyl (C=O) groups is 3. The van der Waals surface area contributed by atoms with E-state index >= 15 is 0 Å². The topological polar surface area (TPSA) is 104 Å². The van der Waals surface area contributed by atoms with E-state index in [0.29, 0.717) is 40.2 Å². The number of benzene rings is 2. The van der Waals surface area contributed by atoms with Crippen LogP contribution in [0.25, 0.3) is 0 Å². The Balaban J connectivity index is 1.27. The van der Waals surface area contributed by atoms with E-state index in [1.165, 1.54) is 11.3 Å². The quantitative estimate of drug-likeness (QED) is 0.553. The van der Waals surface area contributed by atoms with Crippen LogP contribution in [0.1, 0.15) is 21.8 Å². The molecule has 32 heavy (non-hydrogen) atoms. The van der Waals surface area contributed by atoms with Gasteiger partial charge in [-0.05, 0) is 24.3 Å². The van der Waals surface area contributed by atoms with Crippen molar-refractivity contribution in [1.82, 2.24) is 15.5 Å². The maximum atomic E-state index is 12.6. The number of hydrogen-bond donors (Lipinski definition) is 2. The van der Waals surface area contributed by atoms with Gasteiger partial charge in [0, 0.05) is 31.6 Å². The van der Waals surface area contributed by atoms with Crippen molar-refractivity contribution < 1.29 is 14.4 Å². The molecule has 3 aromatic rings. The third kappa shape index (κ3) is 5.12. The third-order valence-corrected chi connectivity index (χ3v) is 6.23. The van der Waals surface area contributed by atoms with Crippen LogP contribution in [0.15, 0.2) is 54.6 Å². The number of amides is 3. The normalized spacial score (nSPS) is 15.6. The van der Waals surface area contributed by atoms with Gasteiger partial charge in [-0.25, -0.2) is 0 Å². The van der Waals surface area contributed by atoms with Crippen LogP contribution in [0.4, 0.5) is 10.8 Å². The number of aromatic nitrogens is 2. The summed E-state index contributed by atoms with van der Waals surface area (Å²) in [4.78, 5) is 38.8. The summed E-state index contributed by atoms with van der Waals surface area (Å²) in [5, 5.41) is 15.0. The average molecular weight is 470 g/mol. The number of halogens is 1. The van der Waals surface area contributed by atoms with Crippen molar-refractivity contribution in [1.29, 1.82) is 0 Å². The van der Waals surface area contributed by atoms with Crippen LogP contribution in [0.3, 0.4) is 0 Å². The van der Waals surface area contributed by atoms with Gasteiger partial charge >= 0.3 is 0 Å². The summed E-state index contributed by atoms with van der Waals surface area (Å²) in [5.74, 6) is -1.05. The molecule has 0 saturated carbocycles. The van der Waals surface area contributed by atoms with Gasteiger partial charge in [0.15, 0.2) is 0 Å². The van der Waals surface area contributed by atoms with Gasteiger partial charge in [-0.3, -0.25) is 14.4 Å². The predicted molar refractivity (Wildman–Crippen MR) is 123 cm³/mol. The molecule has 1 unspecified atom stereocenters. The monoisotopic (exact) mass is 469 g/mol. The molecule has 1 aliphatic heterocycles. The highest BCUT2D eigenvalue weighted by Gasteiger charge is 2.35. The Morgan fingerprint density at radius 3 is 2.62 bits per heavy atom. The van der Waals surface area contributed by atoms with Crippen LogP contribution in [-0.2, 0) is 16.0 Å². The fraction of sp³-hybridized carbons (Fsp3) is 0.227. The van der Waals surface area contributed by atoms with Gasteiger partial charge in [-0.2, -0.15) is 0 Å². The molecule has 0 radical (unpaired) electrons. The van der Waals surface area contributed by atoms with E-state index in [2.05, 4.69) is 20.8 Å². The smallest absolute Gasteiger partial charge is 0.252 e. The Hall–Kier alpha value is -3.30. The molecule has 0 bridgehead atoms. The summed E-state index contributed by atoms with van der Waals surface area (Å²) in [5.41, 5.74) is 1.19. The van der Waals surface area contributed by atoms with E-state index in [1.54, 1.807) is 29.2 Å². The molecule has 2 N–H and O–H groups in total. The molecule has 1 saturated heterocycles. The number of carbonyl (C=O) groups excluding carboxylic acids is 3. The fourth-order valence-electron chi connectivity index (χ4n) is 3.38. The fourth-order valence-corrected chi connectivity index (χ4v) is 4.34. The summed E-state index contributed by atoms with van der Waals surface area (Å²) >= 11 is 7.27. The highest BCUT2D eigenvalue weighted by atomic mass is 35.5. The number of hydrogen-bond acceptors (Lipinski definition) is 6. The molecule has 0 spiro atoms. The van der Waals surface area contributed by atoms with Gasteiger partial charge in [-0.1, -0.05) is 53.3 Å². The minimum Gasteiger partial charge on any atom is -0.352 e.